The summed E-state index contributed by atoms with van der Waals surface area (Å²) in [5, 5.41) is 12.1. The maximum atomic E-state index is 13.7. The molecule has 2 N–H and O–H groups in total. The van der Waals surface area contributed by atoms with Crippen LogP contribution in [0.1, 0.15) is 10.4 Å². The Hall–Kier alpha value is -2.61. The number of anilines is 1. The predicted octanol–water partition coefficient (Wildman–Crippen LogP) is 0.982. The number of carbonyl (C=O) groups is 1. The van der Waals surface area contributed by atoms with Crippen LogP contribution in [0, 0.1) is 17.6 Å². The summed E-state index contributed by atoms with van der Waals surface area (Å²) in [4.78, 5) is 22.1. The van der Waals surface area contributed by atoms with Crippen molar-refractivity contribution in [3.05, 3.63) is 54.0 Å². The molecule has 126 valence electrons. The van der Waals surface area contributed by atoms with Crippen molar-refractivity contribution in [3.8, 4) is 0 Å². The fourth-order valence-corrected chi connectivity index (χ4v) is 2.83. The number of hydrogen-bond donors (Lipinski definition) is 2. The van der Waals surface area contributed by atoms with Gasteiger partial charge in [0.15, 0.2) is 0 Å². The Bertz CT molecular complexity index is 709. The van der Waals surface area contributed by atoms with Crippen molar-refractivity contribution in [1.82, 2.24) is 15.3 Å². The van der Waals surface area contributed by atoms with Gasteiger partial charge in [0.25, 0.3) is 5.91 Å². The molecule has 3 rings (SSSR count). The molecule has 6 nitrogen and oxygen atoms in total. The zero-order valence-corrected chi connectivity index (χ0v) is 12.7. The summed E-state index contributed by atoms with van der Waals surface area (Å²) < 4.78 is 27.4. The summed E-state index contributed by atoms with van der Waals surface area (Å²) in [6.45, 7) is 0.689. The minimum atomic E-state index is -0.918. The van der Waals surface area contributed by atoms with Crippen molar-refractivity contribution in [2.75, 3.05) is 24.6 Å². The molecule has 1 aliphatic rings. The Kier molecular flexibility index (Phi) is 4.66. The number of aliphatic hydroxyl groups excluding tert-OH is 1. The van der Waals surface area contributed by atoms with E-state index in [0.717, 1.165) is 12.1 Å². The van der Waals surface area contributed by atoms with Crippen molar-refractivity contribution in [2.45, 2.75) is 6.04 Å². The van der Waals surface area contributed by atoms with Crippen molar-refractivity contribution in [2.24, 2.45) is 5.92 Å². The molecule has 2 aromatic rings. The lowest BCUT2D eigenvalue weighted by Crippen LogP contribution is -2.42. The largest absolute Gasteiger partial charge is 0.396 e. The monoisotopic (exact) mass is 334 g/mol. The Morgan fingerprint density at radius 2 is 2.04 bits per heavy atom. The molecular formula is C16H16F2N4O2. The van der Waals surface area contributed by atoms with Crippen LogP contribution in [0.15, 0.2) is 36.8 Å². The van der Waals surface area contributed by atoms with Crippen molar-refractivity contribution >= 4 is 11.7 Å². The maximum Gasteiger partial charge on any atom is 0.257 e. The molecule has 1 fully saturated rings. The molecule has 1 saturated heterocycles. The van der Waals surface area contributed by atoms with E-state index in [2.05, 4.69) is 15.3 Å². The number of aromatic nitrogens is 2. The first-order chi connectivity index (χ1) is 11.6. The third-order valence-electron chi connectivity index (χ3n) is 4.07. The first-order valence-corrected chi connectivity index (χ1v) is 7.47. The number of nitrogens with one attached hydrogen (secondary N) is 1. The van der Waals surface area contributed by atoms with E-state index in [1.807, 2.05) is 4.90 Å². The van der Waals surface area contributed by atoms with Gasteiger partial charge >= 0.3 is 0 Å². The van der Waals surface area contributed by atoms with Crippen molar-refractivity contribution < 1.29 is 18.7 Å². The van der Waals surface area contributed by atoms with Gasteiger partial charge < -0.3 is 15.3 Å². The molecule has 8 heteroatoms. The third-order valence-corrected chi connectivity index (χ3v) is 4.07. The topological polar surface area (TPSA) is 78.4 Å². The molecule has 2 heterocycles. The number of carbonyl (C=O) groups excluding carboxylic acids is 1. The highest BCUT2D eigenvalue weighted by atomic mass is 19.1. The minimum absolute atomic E-state index is 0.160. The van der Waals surface area contributed by atoms with Crippen LogP contribution in [-0.4, -0.2) is 46.7 Å². The molecule has 1 aromatic carbocycles. The number of amides is 1. The van der Waals surface area contributed by atoms with Gasteiger partial charge in [-0.2, -0.15) is 0 Å². The molecule has 0 unspecified atom stereocenters. The molecule has 0 aliphatic carbocycles. The number of halogens is 2. The third kappa shape index (κ3) is 3.18. The standard InChI is InChI=1S/C16H16F2N4O2/c17-11-2-1-3-12(18)15(11)16(24)21-13-7-22(6-10(13)8-23)14-4-5-19-9-20-14/h1-5,9-10,13,23H,6-8H2,(H,21,24)/t10-,13+/m0/s1. The summed E-state index contributed by atoms with van der Waals surface area (Å²) in [6.07, 6.45) is 3.00. The quantitative estimate of drug-likeness (QED) is 0.872. The van der Waals surface area contributed by atoms with Crippen LogP contribution in [-0.2, 0) is 0 Å². The Labute approximate surface area is 137 Å². The van der Waals surface area contributed by atoms with E-state index in [1.54, 1.807) is 12.3 Å². The number of hydrogen-bond acceptors (Lipinski definition) is 5. The van der Waals surface area contributed by atoms with Crippen LogP contribution in [0.2, 0.25) is 0 Å². The first-order valence-electron chi connectivity index (χ1n) is 7.47. The highest BCUT2D eigenvalue weighted by Crippen LogP contribution is 2.22. The summed E-state index contributed by atoms with van der Waals surface area (Å²) in [5.41, 5.74) is -0.616. The smallest absolute Gasteiger partial charge is 0.257 e. The van der Waals surface area contributed by atoms with Crippen LogP contribution in [0.5, 0.6) is 0 Å². The lowest BCUT2D eigenvalue weighted by molar-refractivity contribution is 0.0913. The predicted molar refractivity (Wildman–Crippen MR) is 82.4 cm³/mol. The van der Waals surface area contributed by atoms with Gasteiger partial charge in [-0.05, 0) is 18.2 Å². The number of rotatable bonds is 4. The van der Waals surface area contributed by atoms with Crippen LogP contribution in [0.3, 0.4) is 0 Å². The SMILES string of the molecule is O=C(N[C@@H]1CN(c2ccncn2)C[C@H]1CO)c1c(F)cccc1F. The van der Waals surface area contributed by atoms with E-state index in [4.69, 9.17) is 0 Å². The lowest BCUT2D eigenvalue weighted by atomic mass is 10.0. The molecule has 0 saturated carbocycles. The molecule has 24 heavy (non-hydrogen) atoms. The fourth-order valence-electron chi connectivity index (χ4n) is 2.83. The molecular weight excluding hydrogens is 318 g/mol. The van der Waals surface area contributed by atoms with E-state index in [1.165, 1.54) is 12.4 Å². The van der Waals surface area contributed by atoms with Gasteiger partial charge in [-0.15, -0.1) is 0 Å². The fraction of sp³-hybridized carbons (Fsp3) is 0.312. The van der Waals surface area contributed by atoms with Crippen molar-refractivity contribution in [3.63, 3.8) is 0 Å². The molecule has 0 bridgehead atoms. The van der Waals surface area contributed by atoms with Gasteiger partial charge in [0.1, 0.15) is 29.3 Å². The highest BCUT2D eigenvalue weighted by molar-refractivity contribution is 5.95. The highest BCUT2D eigenvalue weighted by Gasteiger charge is 2.35. The molecule has 1 amide bonds. The minimum Gasteiger partial charge on any atom is -0.396 e. The normalized spacial score (nSPS) is 20.2. The molecule has 1 aromatic heterocycles. The summed E-state index contributed by atoms with van der Waals surface area (Å²) >= 11 is 0. The second-order valence-corrected chi connectivity index (χ2v) is 5.59. The summed E-state index contributed by atoms with van der Waals surface area (Å²) in [6, 6.07) is 4.53. The average Bonchev–Trinajstić information content (AvgIpc) is 2.98. The Morgan fingerprint density at radius 1 is 1.29 bits per heavy atom. The molecule has 2 atom stereocenters. The second kappa shape index (κ2) is 6.88. The Morgan fingerprint density at radius 3 is 2.67 bits per heavy atom. The van der Waals surface area contributed by atoms with Crippen LogP contribution in [0.4, 0.5) is 14.6 Å². The van der Waals surface area contributed by atoms with Gasteiger partial charge in [0.2, 0.25) is 0 Å². The Balaban J connectivity index is 1.75. The van der Waals surface area contributed by atoms with Gasteiger partial charge in [-0.25, -0.2) is 18.7 Å². The van der Waals surface area contributed by atoms with E-state index in [-0.39, 0.29) is 12.5 Å². The average molecular weight is 334 g/mol. The van der Waals surface area contributed by atoms with Gasteiger partial charge in [-0.1, -0.05) is 6.07 Å². The zero-order valence-electron chi connectivity index (χ0n) is 12.7. The van der Waals surface area contributed by atoms with Crippen LogP contribution in [0.25, 0.3) is 0 Å². The maximum absolute atomic E-state index is 13.7. The van der Waals surface area contributed by atoms with Crippen molar-refractivity contribution in [1.29, 1.82) is 0 Å². The van der Waals surface area contributed by atoms with E-state index >= 15 is 0 Å². The van der Waals surface area contributed by atoms with Gasteiger partial charge in [-0.3, -0.25) is 4.79 Å². The second-order valence-electron chi connectivity index (χ2n) is 5.59. The van der Waals surface area contributed by atoms with Gasteiger partial charge in [0, 0.05) is 31.8 Å². The van der Waals surface area contributed by atoms with Gasteiger partial charge in [0.05, 0.1) is 6.04 Å². The van der Waals surface area contributed by atoms with E-state index in [9.17, 15) is 18.7 Å². The van der Waals surface area contributed by atoms with E-state index < -0.39 is 29.1 Å². The lowest BCUT2D eigenvalue weighted by Gasteiger charge is -2.18. The number of aliphatic hydroxyl groups is 1. The summed E-state index contributed by atoms with van der Waals surface area (Å²) in [5.74, 6) is -2.27. The van der Waals surface area contributed by atoms with Crippen LogP contribution >= 0.6 is 0 Å². The van der Waals surface area contributed by atoms with Crippen LogP contribution < -0.4 is 10.2 Å². The number of nitrogens with zero attached hydrogens (tertiary/aromatic N) is 3. The first kappa shape index (κ1) is 16.3. The molecule has 0 spiro atoms. The molecule has 0 radical (unpaired) electrons. The zero-order chi connectivity index (χ0) is 17.1. The van der Waals surface area contributed by atoms with E-state index in [0.29, 0.717) is 18.9 Å². The number of benzene rings is 1. The summed E-state index contributed by atoms with van der Waals surface area (Å²) in [7, 11) is 0. The molecule has 1 aliphatic heterocycles.